The number of hydrogen-bond donors (Lipinski definition) is 2. The molecule has 1 aliphatic rings. The molecule has 8 heteroatoms. The van der Waals surface area contributed by atoms with E-state index in [9.17, 15) is 14.4 Å². The van der Waals surface area contributed by atoms with Gasteiger partial charge in [-0.3, -0.25) is 0 Å². The van der Waals surface area contributed by atoms with Crippen molar-refractivity contribution in [3.63, 3.8) is 0 Å². The fraction of sp³-hybridized carbons (Fsp3) is 0.312. The van der Waals surface area contributed by atoms with Crippen LogP contribution in [0.1, 0.15) is 24.8 Å². The number of thiophene rings is 1. The molecule has 7 nitrogen and oxygen atoms in total. The highest BCUT2D eigenvalue weighted by molar-refractivity contribution is 7.10. The molecule has 2 amide bonds. The van der Waals surface area contributed by atoms with Gasteiger partial charge >= 0.3 is 18.0 Å². The molecule has 2 N–H and O–H groups in total. The summed E-state index contributed by atoms with van der Waals surface area (Å²) in [5.41, 5.74) is 0.445. The summed E-state index contributed by atoms with van der Waals surface area (Å²) in [5.74, 6) is -1.13. The predicted molar refractivity (Wildman–Crippen MR) is 88.2 cm³/mol. The van der Waals surface area contributed by atoms with Crippen molar-refractivity contribution in [3.8, 4) is 0 Å². The van der Waals surface area contributed by atoms with Crippen molar-refractivity contribution in [2.45, 2.75) is 19.9 Å². The number of urea groups is 1. The van der Waals surface area contributed by atoms with Crippen LogP contribution in [0, 0.1) is 0 Å². The number of rotatable bonds is 6. The van der Waals surface area contributed by atoms with Gasteiger partial charge in [0.15, 0.2) is 0 Å². The van der Waals surface area contributed by atoms with Crippen molar-refractivity contribution in [2.24, 2.45) is 0 Å². The number of hydrogen-bond acceptors (Lipinski definition) is 6. The van der Waals surface area contributed by atoms with E-state index in [4.69, 9.17) is 9.47 Å². The van der Waals surface area contributed by atoms with Gasteiger partial charge in [0.05, 0.1) is 23.9 Å². The Morgan fingerprint density at radius 1 is 1.38 bits per heavy atom. The van der Waals surface area contributed by atoms with Crippen LogP contribution in [0.4, 0.5) is 4.79 Å². The molecule has 0 aliphatic carbocycles. The maximum atomic E-state index is 12.4. The Kier molecular flexibility index (Phi) is 6.14. The number of carbonyl (C=O) groups is 3. The normalized spacial score (nSPS) is 17.4. The third-order valence-corrected chi connectivity index (χ3v) is 4.08. The van der Waals surface area contributed by atoms with Gasteiger partial charge < -0.3 is 20.1 Å². The van der Waals surface area contributed by atoms with Crippen LogP contribution in [0.5, 0.6) is 0 Å². The highest BCUT2D eigenvalue weighted by atomic mass is 32.1. The molecule has 1 aliphatic heterocycles. The molecule has 128 valence electrons. The second kappa shape index (κ2) is 8.30. The third kappa shape index (κ3) is 4.23. The predicted octanol–water partition coefficient (Wildman–Crippen LogP) is 2.04. The van der Waals surface area contributed by atoms with Crippen LogP contribution < -0.4 is 10.6 Å². The van der Waals surface area contributed by atoms with Crippen molar-refractivity contribution in [1.82, 2.24) is 10.6 Å². The van der Waals surface area contributed by atoms with Gasteiger partial charge in [0, 0.05) is 11.0 Å². The molecule has 0 radical (unpaired) electrons. The summed E-state index contributed by atoms with van der Waals surface area (Å²) in [4.78, 5) is 36.6. The number of nitrogens with one attached hydrogen (secondary N) is 2. The average molecular weight is 350 g/mol. The van der Waals surface area contributed by atoms with Gasteiger partial charge in [0.2, 0.25) is 0 Å². The zero-order valence-electron chi connectivity index (χ0n) is 13.3. The summed E-state index contributed by atoms with van der Waals surface area (Å²) in [6, 6.07) is 2.51. The molecule has 1 atom stereocenters. The zero-order valence-corrected chi connectivity index (χ0v) is 14.1. The van der Waals surface area contributed by atoms with E-state index in [1.165, 1.54) is 17.4 Å². The van der Waals surface area contributed by atoms with Crippen molar-refractivity contribution in [1.29, 1.82) is 0 Å². The van der Waals surface area contributed by atoms with Crippen molar-refractivity contribution in [2.75, 3.05) is 13.2 Å². The lowest BCUT2D eigenvalue weighted by atomic mass is 10.0. The molecule has 0 spiro atoms. The van der Waals surface area contributed by atoms with Gasteiger partial charge in [-0.2, -0.15) is 0 Å². The molecule has 2 rings (SSSR count). The first-order valence-corrected chi connectivity index (χ1v) is 8.25. The Hall–Kier alpha value is -2.61. The Labute approximate surface area is 143 Å². The molecule has 0 aromatic carbocycles. The lowest BCUT2D eigenvalue weighted by Crippen LogP contribution is -2.46. The van der Waals surface area contributed by atoms with Crippen molar-refractivity contribution in [3.05, 3.63) is 45.8 Å². The highest BCUT2D eigenvalue weighted by Crippen LogP contribution is 2.30. The molecule has 0 saturated heterocycles. The SMILES string of the molecule is C/C=C/C(=O)OCC1=C(C(=O)OCC)[C@@H](c2cccs2)NC(=O)N1. The third-order valence-electron chi connectivity index (χ3n) is 3.14. The molecule has 24 heavy (non-hydrogen) atoms. The van der Waals surface area contributed by atoms with Crippen molar-refractivity contribution < 1.29 is 23.9 Å². The first kappa shape index (κ1) is 17.7. The largest absolute Gasteiger partial charge is 0.463 e. The van der Waals surface area contributed by atoms with Gasteiger partial charge in [-0.15, -0.1) is 11.3 Å². The lowest BCUT2D eigenvalue weighted by Gasteiger charge is -2.28. The number of ether oxygens (including phenoxy) is 2. The van der Waals surface area contributed by atoms with E-state index in [1.54, 1.807) is 19.9 Å². The van der Waals surface area contributed by atoms with E-state index >= 15 is 0 Å². The Morgan fingerprint density at radius 2 is 2.17 bits per heavy atom. The Bertz CT molecular complexity index is 679. The molecule has 0 fully saturated rings. The second-order valence-electron chi connectivity index (χ2n) is 4.77. The maximum absolute atomic E-state index is 12.4. The zero-order chi connectivity index (χ0) is 17.5. The summed E-state index contributed by atoms with van der Waals surface area (Å²) < 4.78 is 10.2. The molecule has 1 aromatic rings. The smallest absolute Gasteiger partial charge is 0.338 e. The lowest BCUT2D eigenvalue weighted by molar-refractivity contribution is -0.140. The minimum Gasteiger partial charge on any atom is -0.463 e. The second-order valence-corrected chi connectivity index (χ2v) is 5.75. The van der Waals surface area contributed by atoms with Crippen LogP contribution >= 0.6 is 11.3 Å². The molecule has 0 saturated carbocycles. The fourth-order valence-electron chi connectivity index (χ4n) is 2.18. The van der Waals surface area contributed by atoms with Gasteiger partial charge in [-0.1, -0.05) is 12.1 Å². The van der Waals surface area contributed by atoms with Crippen LogP contribution in [-0.4, -0.2) is 31.2 Å². The minimum absolute atomic E-state index is 0.194. The minimum atomic E-state index is -0.645. The molecule has 0 bridgehead atoms. The molecule has 2 heterocycles. The van der Waals surface area contributed by atoms with Gasteiger partial charge in [0.25, 0.3) is 0 Å². The fourth-order valence-corrected chi connectivity index (χ4v) is 2.96. The number of amides is 2. The van der Waals surface area contributed by atoms with E-state index < -0.39 is 24.0 Å². The van der Waals surface area contributed by atoms with Gasteiger partial charge in [-0.05, 0) is 25.3 Å². The number of allylic oxidation sites excluding steroid dienone is 1. The summed E-state index contributed by atoms with van der Waals surface area (Å²) in [6.07, 6.45) is 2.79. The molecule has 0 unspecified atom stereocenters. The van der Waals surface area contributed by atoms with E-state index in [0.29, 0.717) is 0 Å². The quantitative estimate of drug-likeness (QED) is 0.605. The van der Waals surface area contributed by atoms with Crippen LogP contribution in [0.3, 0.4) is 0 Å². The standard InChI is InChI=1S/C16H18N2O5S/c1-3-6-12(19)23-9-10-13(15(20)22-4-2)14(18-16(21)17-10)11-7-5-8-24-11/h3,5-8,14H,4,9H2,1-2H3,(H2,17,18,21)/b6-3+/t14-/m1/s1. The summed E-state index contributed by atoms with van der Waals surface area (Å²) in [6.45, 7) is 3.34. The van der Waals surface area contributed by atoms with Crippen molar-refractivity contribution >= 4 is 29.3 Å². The van der Waals surface area contributed by atoms with E-state index in [-0.39, 0.29) is 24.5 Å². The number of carbonyl (C=O) groups excluding carboxylic acids is 3. The monoisotopic (exact) mass is 350 g/mol. The van der Waals surface area contributed by atoms with Gasteiger partial charge in [0.1, 0.15) is 6.61 Å². The molecular weight excluding hydrogens is 332 g/mol. The van der Waals surface area contributed by atoms with Gasteiger partial charge in [-0.25, -0.2) is 14.4 Å². The summed E-state index contributed by atoms with van der Waals surface area (Å²) in [7, 11) is 0. The van der Waals surface area contributed by atoms with E-state index in [2.05, 4.69) is 10.6 Å². The Morgan fingerprint density at radius 3 is 2.79 bits per heavy atom. The van der Waals surface area contributed by atoms with Crippen LogP contribution in [-0.2, 0) is 19.1 Å². The molecular formula is C16H18N2O5S. The first-order chi connectivity index (χ1) is 11.6. The number of esters is 2. The van der Waals surface area contributed by atoms with Crippen LogP contribution in [0.2, 0.25) is 0 Å². The summed E-state index contributed by atoms with van der Waals surface area (Å²) in [5, 5.41) is 7.07. The van der Waals surface area contributed by atoms with E-state index in [0.717, 1.165) is 4.88 Å². The summed E-state index contributed by atoms with van der Waals surface area (Å²) >= 11 is 1.40. The van der Waals surface area contributed by atoms with Crippen LogP contribution in [0.15, 0.2) is 40.9 Å². The van der Waals surface area contributed by atoms with E-state index in [1.807, 2.05) is 17.5 Å². The molecule has 1 aromatic heterocycles. The highest BCUT2D eigenvalue weighted by Gasteiger charge is 2.34. The maximum Gasteiger partial charge on any atom is 0.338 e. The first-order valence-electron chi connectivity index (χ1n) is 7.37. The van der Waals surface area contributed by atoms with Crippen LogP contribution in [0.25, 0.3) is 0 Å². The Balaban J connectivity index is 2.36. The topological polar surface area (TPSA) is 93.7 Å². The average Bonchev–Trinajstić information content (AvgIpc) is 3.07.